The van der Waals surface area contributed by atoms with Gasteiger partial charge in [0.2, 0.25) is 0 Å². The zero-order valence-electron chi connectivity index (χ0n) is 13.6. The van der Waals surface area contributed by atoms with Crippen LogP contribution in [0.25, 0.3) is 0 Å². The van der Waals surface area contributed by atoms with E-state index in [9.17, 15) is 0 Å². The molecular weight excluding hydrogens is 266 g/mol. The minimum atomic E-state index is 0.715. The molecule has 0 aromatic heterocycles. The molecule has 0 saturated carbocycles. The fraction of sp³-hybridized carbons (Fsp3) is 1.00. The maximum Gasteiger partial charge on any atom is 0.0244 e. The summed E-state index contributed by atoms with van der Waals surface area (Å²) in [6, 6.07) is 1.44. The first-order valence-corrected chi connectivity index (χ1v) is 9.63. The maximum atomic E-state index is 3.76. The monoisotopic (exact) mass is 299 g/mol. The van der Waals surface area contributed by atoms with Crippen LogP contribution in [0.4, 0.5) is 0 Å². The van der Waals surface area contributed by atoms with E-state index in [1.165, 1.54) is 63.6 Å². The molecule has 0 aliphatic carbocycles. The Morgan fingerprint density at radius 1 is 1.20 bits per heavy atom. The minimum Gasteiger partial charge on any atom is -0.311 e. The largest absolute Gasteiger partial charge is 0.311 e. The molecule has 2 aliphatic heterocycles. The molecule has 2 fully saturated rings. The third-order valence-corrected chi connectivity index (χ3v) is 5.70. The third-order valence-electron chi connectivity index (χ3n) is 4.75. The SMILES string of the molecule is CCCC1CN(CCN2CCSCC2)C(C(C)C)CN1. The Morgan fingerprint density at radius 3 is 2.60 bits per heavy atom. The Kier molecular flexibility index (Phi) is 7.15. The lowest BCUT2D eigenvalue weighted by Crippen LogP contribution is -2.59. The Balaban J connectivity index is 1.82. The fourth-order valence-corrected chi connectivity index (χ4v) is 4.43. The Labute approximate surface area is 129 Å². The van der Waals surface area contributed by atoms with Crippen LogP contribution in [0.15, 0.2) is 0 Å². The molecule has 20 heavy (non-hydrogen) atoms. The molecule has 0 aromatic carbocycles. The van der Waals surface area contributed by atoms with Gasteiger partial charge < -0.3 is 10.2 Å². The zero-order valence-corrected chi connectivity index (χ0v) is 14.4. The lowest BCUT2D eigenvalue weighted by molar-refractivity contribution is 0.0839. The van der Waals surface area contributed by atoms with Gasteiger partial charge in [0.25, 0.3) is 0 Å². The summed E-state index contributed by atoms with van der Waals surface area (Å²) in [7, 11) is 0. The Hall–Kier alpha value is 0.230. The fourth-order valence-electron chi connectivity index (χ4n) is 3.45. The van der Waals surface area contributed by atoms with E-state index in [0.717, 1.165) is 12.0 Å². The summed E-state index contributed by atoms with van der Waals surface area (Å²) in [6.45, 7) is 14.6. The number of thioether (sulfide) groups is 1. The van der Waals surface area contributed by atoms with Gasteiger partial charge in [0, 0.05) is 62.9 Å². The first-order valence-electron chi connectivity index (χ1n) is 8.48. The van der Waals surface area contributed by atoms with Gasteiger partial charge >= 0.3 is 0 Å². The van der Waals surface area contributed by atoms with Crippen molar-refractivity contribution in [3.05, 3.63) is 0 Å². The number of hydrogen-bond acceptors (Lipinski definition) is 4. The van der Waals surface area contributed by atoms with Crippen LogP contribution < -0.4 is 5.32 Å². The van der Waals surface area contributed by atoms with Crippen molar-refractivity contribution >= 4 is 11.8 Å². The quantitative estimate of drug-likeness (QED) is 0.809. The zero-order chi connectivity index (χ0) is 14.4. The van der Waals surface area contributed by atoms with Gasteiger partial charge in [-0.05, 0) is 12.3 Å². The minimum absolute atomic E-state index is 0.715. The number of nitrogens with zero attached hydrogens (tertiary/aromatic N) is 2. The molecule has 4 heteroatoms. The average Bonchev–Trinajstić information content (AvgIpc) is 2.46. The smallest absolute Gasteiger partial charge is 0.0244 e. The molecule has 0 amide bonds. The molecule has 2 aliphatic rings. The van der Waals surface area contributed by atoms with E-state index >= 15 is 0 Å². The molecule has 2 saturated heterocycles. The summed E-state index contributed by atoms with van der Waals surface area (Å²) >= 11 is 2.11. The molecule has 0 bridgehead atoms. The molecule has 0 aromatic rings. The van der Waals surface area contributed by atoms with Crippen molar-refractivity contribution < 1.29 is 0 Å². The average molecular weight is 300 g/mol. The van der Waals surface area contributed by atoms with Crippen molar-refractivity contribution in [2.45, 2.75) is 45.7 Å². The standard InChI is InChI=1S/C16H33N3S/c1-4-5-15-13-19(16(12-17-15)14(2)3)7-6-18-8-10-20-11-9-18/h14-17H,4-13H2,1-3H3. The normalized spacial score (nSPS) is 30.0. The molecule has 2 atom stereocenters. The Morgan fingerprint density at radius 2 is 1.95 bits per heavy atom. The number of piperazine rings is 1. The topological polar surface area (TPSA) is 18.5 Å². The van der Waals surface area contributed by atoms with Crippen LogP contribution in [0.5, 0.6) is 0 Å². The van der Waals surface area contributed by atoms with E-state index in [4.69, 9.17) is 0 Å². The molecule has 0 spiro atoms. The van der Waals surface area contributed by atoms with Crippen LogP contribution in [-0.4, -0.2) is 72.7 Å². The van der Waals surface area contributed by atoms with Gasteiger partial charge in [-0.1, -0.05) is 27.2 Å². The molecule has 2 rings (SSSR count). The Bertz CT molecular complexity index is 266. The van der Waals surface area contributed by atoms with Crippen molar-refractivity contribution in [1.82, 2.24) is 15.1 Å². The second kappa shape index (κ2) is 8.62. The van der Waals surface area contributed by atoms with Crippen LogP contribution >= 0.6 is 11.8 Å². The van der Waals surface area contributed by atoms with Gasteiger partial charge in [0.15, 0.2) is 0 Å². The molecule has 2 heterocycles. The van der Waals surface area contributed by atoms with Crippen LogP contribution in [0.3, 0.4) is 0 Å². The number of rotatable bonds is 6. The van der Waals surface area contributed by atoms with Crippen LogP contribution in [-0.2, 0) is 0 Å². The van der Waals surface area contributed by atoms with Gasteiger partial charge in [0.05, 0.1) is 0 Å². The molecule has 1 N–H and O–H groups in total. The first-order chi connectivity index (χ1) is 9.70. The van der Waals surface area contributed by atoms with E-state index < -0.39 is 0 Å². The highest BCUT2D eigenvalue weighted by Crippen LogP contribution is 2.17. The van der Waals surface area contributed by atoms with Gasteiger partial charge in [-0.15, -0.1) is 0 Å². The van der Waals surface area contributed by atoms with E-state index in [2.05, 4.69) is 47.6 Å². The molecule has 2 unspecified atom stereocenters. The van der Waals surface area contributed by atoms with Gasteiger partial charge in [0.1, 0.15) is 0 Å². The van der Waals surface area contributed by atoms with Gasteiger partial charge in [-0.2, -0.15) is 11.8 Å². The predicted octanol–water partition coefficient (Wildman–Crippen LogP) is 2.13. The van der Waals surface area contributed by atoms with Gasteiger partial charge in [-0.25, -0.2) is 0 Å². The van der Waals surface area contributed by atoms with Gasteiger partial charge in [-0.3, -0.25) is 4.90 Å². The highest BCUT2D eigenvalue weighted by atomic mass is 32.2. The third kappa shape index (κ3) is 4.90. The number of nitrogens with one attached hydrogen (secondary N) is 1. The first kappa shape index (κ1) is 16.6. The maximum absolute atomic E-state index is 3.76. The summed E-state index contributed by atoms with van der Waals surface area (Å²) in [5.74, 6) is 3.41. The van der Waals surface area contributed by atoms with Crippen molar-refractivity contribution in [3.8, 4) is 0 Å². The predicted molar refractivity (Wildman–Crippen MR) is 90.7 cm³/mol. The molecule has 3 nitrogen and oxygen atoms in total. The van der Waals surface area contributed by atoms with E-state index in [1.54, 1.807) is 0 Å². The summed E-state index contributed by atoms with van der Waals surface area (Å²) in [5.41, 5.74) is 0. The van der Waals surface area contributed by atoms with Crippen molar-refractivity contribution in [3.63, 3.8) is 0 Å². The highest BCUT2D eigenvalue weighted by Gasteiger charge is 2.29. The molecule has 0 radical (unpaired) electrons. The van der Waals surface area contributed by atoms with E-state index in [0.29, 0.717) is 6.04 Å². The second-order valence-corrected chi connectivity index (χ2v) is 7.88. The summed E-state index contributed by atoms with van der Waals surface area (Å²) < 4.78 is 0. The van der Waals surface area contributed by atoms with Crippen LogP contribution in [0, 0.1) is 5.92 Å². The molecule has 118 valence electrons. The van der Waals surface area contributed by atoms with E-state index in [1.807, 2.05) is 0 Å². The van der Waals surface area contributed by atoms with Crippen LogP contribution in [0.2, 0.25) is 0 Å². The lowest BCUT2D eigenvalue weighted by atomic mass is 9.97. The second-order valence-electron chi connectivity index (χ2n) is 6.65. The van der Waals surface area contributed by atoms with Crippen LogP contribution in [0.1, 0.15) is 33.6 Å². The summed E-state index contributed by atoms with van der Waals surface area (Å²) in [5, 5.41) is 3.76. The number of hydrogen-bond donors (Lipinski definition) is 1. The molecular formula is C16H33N3S. The lowest BCUT2D eigenvalue weighted by Gasteiger charge is -2.43. The summed E-state index contributed by atoms with van der Waals surface area (Å²) in [4.78, 5) is 5.42. The highest BCUT2D eigenvalue weighted by molar-refractivity contribution is 7.99. The summed E-state index contributed by atoms with van der Waals surface area (Å²) in [6.07, 6.45) is 2.61. The van der Waals surface area contributed by atoms with E-state index in [-0.39, 0.29) is 0 Å². The van der Waals surface area contributed by atoms with Crippen molar-refractivity contribution in [2.24, 2.45) is 5.92 Å². The van der Waals surface area contributed by atoms with Crippen molar-refractivity contribution in [2.75, 3.05) is 50.8 Å². The van der Waals surface area contributed by atoms with Crippen molar-refractivity contribution in [1.29, 1.82) is 0 Å².